The van der Waals surface area contributed by atoms with Crippen LogP contribution in [0.15, 0.2) is 229 Å². The van der Waals surface area contributed by atoms with E-state index in [0.717, 1.165) is 49.8 Å². The molecule has 0 bridgehead atoms. The first-order chi connectivity index (χ1) is 30.2. The second kappa shape index (κ2) is 14.4. The number of fused-ring (bicyclic) bond motifs is 9. The molecule has 0 unspecified atom stereocenters. The van der Waals surface area contributed by atoms with Crippen LogP contribution in [0.2, 0.25) is 0 Å². The molecule has 12 aromatic rings. The first kappa shape index (κ1) is 35.0. The van der Waals surface area contributed by atoms with Crippen LogP contribution < -0.4 is 4.90 Å². The fourth-order valence-electron chi connectivity index (χ4n) is 9.48. The molecule has 0 saturated carbocycles. The normalized spacial score (nSPS) is 11.7. The van der Waals surface area contributed by atoms with Gasteiger partial charge in [-0.1, -0.05) is 188 Å². The van der Waals surface area contributed by atoms with Crippen molar-refractivity contribution >= 4 is 76.4 Å². The van der Waals surface area contributed by atoms with Crippen molar-refractivity contribution < 1.29 is 4.42 Å². The van der Waals surface area contributed by atoms with Gasteiger partial charge >= 0.3 is 0 Å². The smallest absolute Gasteiger partial charge is 0.143 e. The molecule has 0 saturated heterocycles. The summed E-state index contributed by atoms with van der Waals surface area (Å²) in [6.07, 6.45) is 0. The van der Waals surface area contributed by atoms with Crippen molar-refractivity contribution in [2.45, 2.75) is 6.54 Å². The van der Waals surface area contributed by atoms with Gasteiger partial charge in [0.25, 0.3) is 0 Å². The van der Waals surface area contributed by atoms with Gasteiger partial charge in [0, 0.05) is 39.6 Å². The Balaban J connectivity index is 0.967. The predicted octanol–water partition coefficient (Wildman–Crippen LogP) is 16.5. The van der Waals surface area contributed by atoms with Crippen LogP contribution in [0, 0.1) is 0 Å². The van der Waals surface area contributed by atoms with Crippen molar-refractivity contribution in [3.05, 3.63) is 230 Å². The molecule has 0 aliphatic carbocycles. The molecule has 1 heterocycles. The summed E-state index contributed by atoms with van der Waals surface area (Å²) in [6.45, 7) is 0.657. The maximum absolute atomic E-state index is 6.86. The molecule has 0 amide bonds. The minimum atomic E-state index is 0.657. The molecule has 12 rings (SSSR count). The van der Waals surface area contributed by atoms with E-state index in [9.17, 15) is 0 Å². The molecule has 0 aliphatic rings. The molecular formula is C59H39NO. The molecule has 61 heavy (non-hydrogen) atoms. The van der Waals surface area contributed by atoms with E-state index < -0.39 is 0 Å². The van der Waals surface area contributed by atoms with E-state index >= 15 is 0 Å². The zero-order valence-corrected chi connectivity index (χ0v) is 33.4. The van der Waals surface area contributed by atoms with Gasteiger partial charge in [-0.15, -0.1) is 0 Å². The fraction of sp³-hybridized carbons (Fsp3) is 0.0169. The Hall–Kier alpha value is -7.94. The van der Waals surface area contributed by atoms with E-state index in [-0.39, 0.29) is 0 Å². The lowest BCUT2D eigenvalue weighted by molar-refractivity contribution is 0.673. The summed E-state index contributed by atoms with van der Waals surface area (Å²) in [5, 5.41) is 12.2. The number of rotatable bonds is 7. The molecule has 0 fully saturated rings. The van der Waals surface area contributed by atoms with Gasteiger partial charge in [0.05, 0.1) is 0 Å². The highest BCUT2D eigenvalue weighted by Gasteiger charge is 2.19. The Morgan fingerprint density at radius 3 is 1.61 bits per heavy atom. The van der Waals surface area contributed by atoms with Gasteiger partial charge in [-0.25, -0.2) is 0 Å². The first-order valence-electron chi connectivity index (χ1n) is 21.0. The molecule has 0 N–H and O–H groups in total. The molecule has 1 aromatic heterocycles. The molecule has 11 aromatic carbocycles. The third-order valence-corrected chi connectivity index (χ3v) is 12.6. The summed E-state index contributed by atoms with van der Waals surface area (Å²) in [6, 6.07) is 81.5. The molecule has 0 aliphatic heterocycles. The third kappa shape index (κ3) is 6.03. The van der Waals surface area contributed by atoms with E-state index in [1.807, 2.05) is 0 Å². The first-order valence-corrected chi connectivity index (χ1v) is 21.0. The molecule has 0 atom stereocenters. The predicted molar refractivity (Wildman–Crippen MR) is 259 cm³/mol. The fourth-order valence-corrected chi connectivity index (χ4v) is 9.48. The van der Waals surface area contributed by atoms with Gasteiger partial charge in [0.1, 0.15) is 11.2 Å². The maximum Gasteiger partial charge on any atom is 0.143 e. The van der Waals surface area contributed by atoms with Gasteiger partial charge in [0.2, 0.25) is 0 Å². The summed E-state index contributed by atoms with van der Waals surface area (Å²) in [7, 11) is 0. The summed E-state index contributed by atoms with van der Waals surface area (Å²) >= 11 is 0. The Labute approximate surface area is 354 Å². The standard InChI is InChI=1S/C59H39NO/c1-2-14-44-37-45(24-23-39(44)11-1)40-25-31-47(32-26-40)60(48-33-27-43(28-34-48)50-19-9-20-53-49-16-6-3-12-41(49)29-35-54(50)53)38-46-15-5-7-17-51(46)55-21-10-22-56-57-36-30-42-13-4-8-18-52(42)58(57)61-59(55)56/h1-37H,38H2. The number of para-hydroxylation sites is 1. The number of anilines is 2. The zero-order chi connectivity index (χ0) is 40.3. The summed E-state index contributed by atoms with van der Waals surface area (Å²) < 4.78 is 6.86. The number of furan rings is 1. The van der Waals surface area contributed by atoms with Crippen LogP contribution >= 0.6 is 0 Å². The van der Waals surface area contributed by atoms with Gasteiger partial charge < -0.3 is 9.32 Å². The SMILES string of the molecule is c1ccc(-c2cccc3c2oc2c4ccccc4ccc32)c(CN(c2ccc(-c3ccc4ccccc4c3)cc2)c2ccc(-c3cccc4c3ccc3ccccc34)cc2)c1. The second-order valence-corrected chi connectivity index (χ2v) is 16.0. The Morgan fingerprint density at radius 1 is 0.295 bits per heavy atom. The van der Waals surface area contributed by atoms with E-state index in [1.54, 1.807) is 0 Å². The van der Waals surface area contributed by atoms with Crippen molar-refractivity contribution in [2.24, 2.45) is 0 Å². The van der Waals surface area contributed by atoms with Gasteiger partial charge in [0.15, 0.2) is 0 Å². The van der Waals surface area contributed by atoms with E-state index in [1.165, 1.54) is 65.5 Å². The summed E-state index contributed by atoms with van der Waals surface area (Å²) in [4.78, 5) is 2.44. The van der Waals surface area contributed by atoms with Crippen molar-refractivity contribution in [1.82, 2.24) is 0 Å². The lowest BCUT2D eigenvalue weighted by atomic mass is 9.94. The minimum Gasteiger partial charge on any atom is -0.455 e. The minimum absolute atomic E-state index is 0.657. The van der Waals surface area contributed by atoms with Gasteiger partial charge in [-0.05, 0) is 107 Å². The Morgan fingerprint density at radius 2 is 0.820 bits per heavy atom. The van der Waals surface area contributed by atoms with Crippen molar-refractivity contribution in [2.75, 3.05) is 4.90 Å². The van der Waals surface area contributed by atoms with Crippen LogP contribution in [-0.4, -0.2) is 0 Å². The quantitative estimate of drug-likeness (QED) is 0.150. The molecule has 286 valence electrons. The topological polar surface area (TPSA) is 16.4 Å². The molecule has 0 spiro atoms. The second-order valence-electron chi connectivity index (χ2n) is 16.0. The van der Waals surface area contributed by atoms with Crippen LogP contribution in [0.5, 0.6) is 0 Å². The van der Waals surface area contributed by atoms with E-state index in [4.69, 9.17) is 4.42 Å². The molecule has 2 nitrogen and oxygen atoms in total. The van der Waals surface area contributed by atoms with Crippen molar-refractivity contribution in [3.63, 3.8) is 0 Å². The summed E-state index contributed by atoms with van der Waals surface area (Å²) in [5.74, 6) is 0. The van der Waals surface area contributed by atoms with Crippen molar-refractivity contribution in [3.8, 4) is 33.4 Å². The lowest BCUT2D eigenvalue weighted by Crippen LogP contribution is -2.17. The molecule has 0 radical (unpaired) electrons. The zero-order valence-electron chi connectivity index (χ0n) is 33.4. The van der Waals surface area contributed by atoms with Crippen LogP contribution in [0.4, 0.5) is 11.4 Å². The lowest BCUT2D eigenvalue weighted by Gasteiger charge is -2.27. The largest absolute Gasteiger partial charge is 0.455 e. The van der Waals surface area contributed by atoms with Crippen molar-refractivity contribution in [1.29, 1.82) is 0 Å². The Bertz CT molecular complexity index is 3620. The highest BCUT2D eigenvalue weighted by atomic mass is 16.3. The highest BCUT2D eigenvalue weighted by molar-refractivity contribution is 6.17. The van der Waals surface area contributed by atoms with Crippen LogP contribution in [0.25, 0.3) is 98.4 Å². The van der Waals surface area contributed by atoms with Gasteiger partial charge in [-0.3, -0.25) is 0 Å². The Kier molecular flexibility index (Phi) is 8.28. The van der Waals surface area contributed by atoms with Crippen LogP contribution in [-0.2, 0) is 6.54 Å². The average molecular weight is 778 g/mol. The number of benzene rings is 11. The summed E-state index contributed by atoms with van der Waals surface area (Å²) in [5.41, 5.74) is 12.4. The van der Waals surface area contributed by atoms with Gasteiger partial charge in [-0.2, -0.15) is 0 Å². The monoisotopic (exact) mass is 777 g/mol. The maximum atomic E-state index is 6.86. The number of hydrogen-bond donors (Lipinski definition) is 0. The van der Waals surface area contributed by atoms with Crippen LogP contribution in [0.1, 0.15) is 5.56 Å². The number of nitrogens with zero attached hydrogens (tertiary/aromatic N) is 1. The highest BCUT2D eigenvalue weighted by Crippen LogP contribution is 2.41. The van der Waals surface area contributed by atoms with E-state index in [0.29, 0.717) is 6.54 Å². The van der Waals surface area contributed by atoms with Crippen LogP contribution in [0.3, 0.4) is 0 Å². The number of hydrogen-bond acceptors (Lipinski definition) is 2. The third-order valence-electron chi connectivity index (χ3n) is 12.6. The molecular weight excluding hydrogens is 739 g/mol. The average Bonchev–Trinajstić information content (AvgIpc) is 3.73. The molecule has 2 heteroatoms. The van der Waals surface area contributed by atoms with E-state index in [2.05, 4.69) is 229 Å².